The number of carbonyl (C=O) groups is 4. The summed E-state index contributed by atoms with van der Waals surface area (Å²) in [5.74, 6) is -3.45. The molecule has 2 aliphatic carbocycles. The Morgan fingerprint density at radius 2 is 0.698 bits per heavy atom. The van der Waals surface area contributed by atoms with E-state index in [9.17, 15) is 39.6 Å². The van der Waals surface area contributed by atoms with E-state index in [4.69, 9.17) is 17.5 Å². The van der Waals surface area contributed by atoms with Gasteiger partial charge in [0.15, 0.2) is 46.1 Å². The first-order valence-corrected chi connectivity index (χ1v) is 12.7. The molecule has 2 aliphatic rings. The predicted molar refractivity (Wildman–Crippen MR) is 137 cm³/mol. The molecule has 43 heavy (non-hydrogen) atoms. The number of phenolic OH excluding ortho intramolecular Hbond substituents is 4. The van der Waals surface area contributed by atoms with Crippen LogP contribution < -0.4 is 59.1 Å². The Hall–Kier alpha value is -3.37. The van der Waals surface area contributed by atoms with Gasteiger partial charge in [0.2, 0.25) is 0 Å². The second-order valence-corrected chi connectivity index (χ2v) is 9.34. The maximum Gasteiger partial charge on any atom is 1.00 e. The van der Waals surface area contributed by atoms with Gasteiger partial charge in [0.05, 0.1) is 11.1 Å². The van der Waals surface area contributed by atoms with E-state index >= 15 is 0 Å². The van der Waals surface area contributed by atoms with Crippen LogP contribution >= 0.6 is 0 Å². The molecule has 0 unspecified atom stereocenters. The van der Waals surface area contributed by atoms with Gasteiger partial charge in [-0.25, -0.2) is 0 Å². The largest absolute Gasteiger partial charge is 1.00 e. The van der Waals surface area contributed by atoms with Crippen molar-refractivity contribution in [3.05, 3.63) is 117 Å². The fraction of sp³-hybridized carbons (Fsp3) is 0. The summed E-state index contributed by atoms with van der Waals surface area (Å²) in [7, 11) is -5.17. The van der Waals surface area contributed by atoms with Crippen LogP contribution in [0.15, 0.2) is 72.8 Å². The molecule has 208 valence electrons. The van der Waals surface area contributed by atoms with Crippen LogP contribution in [0.1, 0.15) is 63.7 Å². The molecule has 0 atom stereocenters. The summed E-state index contributed by atoms with van der Waals surface area (Å²) in [5, 5.41) is 38.3. The summed E-state index contributed by atoms with van der Waals surface area (Å²) in [6.07, 6.45) is 0. The summed E-state index contributed by atoms with van der Waals surface area (Å²) >= 11 is 0. The first-order chi connectivity index (χ1) is 19.2. The van der Waals surface area contributed by atoms with Crippen molar-refractivity contribution in [2.45, 2.75) is 0 Å². The Bertz CT molecular complexity index is 1770. The quantitative estimate of drug-likeness (QED) is 0.0558. The van der Waals surface area contributed by atoms with Crippen LogP contribution in [0.25, 0.3) is 0 Å². The Labute approximate surface area is 287 Å². The van der Waals surface area contributed by atoms with Gasteiger partial charge in [0, 0.05) is 43.8 Å². The molecule has 0 saturated heterocycles. The number of phenols is 4. The van der Waals surface area contributed by atoms with Crippen LogP contribution in [0.5, 0.6) is 23.0 Å². The molecule has 0 amide bonds. The standard InChI is InChI=1S/2C14H8O4.2Na.H2O4S/c2*15-10-6-5-9-11(14(10)18)13(17)8-4-2-1-3-7(8)12(9)16;;;1-5(2,3)4/h2*1-6,15,18H;;;(H2,1,2,3,4)/q;;2*+1;/p-2. The van der Waals surface area contributed by atoms with Gasteiger partial charge < -0.3 is 29.5 Å². The number of hydrogen-bond acceptors (Lipinski definition) is 12. The smallest absolute Gasteiger partial charge is 0.759 e. The van der Waals surface area contributed by atoms with Gasteiger partial charge in [-0.05, 0) is 24.3 Å². The molecule has 0 saturated carbocycles. The van der Waals surface area contributed by atoms with Gasteiger partial charge in [-0.15, -0.1) is 0 Å². The van der Waals surface area contributed by atoms with Crippen molar-refractivity contribution in [2.75, 3.05) is 0 Å². The van der Waals surface area contributed by atoms with E-state index < -0.39 is 45.0 Å². The number of carbonyl (C=O) groups excluding carboxylic acids is 4. The zero-order valence-electron chi connectivity index (χ0n) is 22.4. The van der Waals surface area contributed by atoms with Crippen molar-refractivity contribution >= 4 is 33.5 Å². The topological polar surface area (TPSA) is 229 Å². The molecule has 0 aliphatic heterocycles. The molecule has 4 N–H and O–H groups in total. The first kappa shape index (κ1) is 35.8. The molecular weight excluding hydrogens is 606 g/mol. The molecule has 0 radical (unpaired) electrons. The van der Waals surface area contributed by atoms with E-state index in [1.54, 1.807) is 36.4 Å². The minimum absolute atomic E-state index is 0. The van der Waals surface area contributed by atoms with Crippen LogP contribution in [-0.2, 0) is 10.4 Å². The third-order valence-corrected chi connectivity index (χ3v) is 6.09. The van der Waals surface area contributed by atoms with Gasteiger partial charge in [-0.3, -0.25) is 27.6 Å². The third-order valence-electron chi connectivity index (χ3n) is 6.09. The average Bonchev–Trinajstić information content (AvgIpc) is 2.93. The number of ketones is 4. The molecule has 15 heteroatoms. The maximum atomic E-state index is 12.2. The molecule has 6 rings (SSSR count). The predicted octanol–water partition coefficient (Wildman–Crippen LogP) is -3.58. The Morgan fingerprint density at radius 3 is 0.977 bits per heavy atom. The van der Waals surface area contributed by atoms with Gasteiger partial charge in [-0.2, -0.15) is 0 Å². The summed E-state index contributed by atoms with van der Waals surface area (Å²) in [6, 6.07) is 17.9. The van der Waals surface area contributed by atoms with E-state index in [-0.39, 0.29) is 104 Å². The minimum Gasteiger partial charge on any atom is -0.759 e. The number of benzene rings is 4. The molecule has 4 aromatic rings. The average molecular weight is 622 g/mol. The van der Waals surface area contributed by atoms with Gasteiger partial charge in [0.25, 0.3) is 0 Å². The zero-order valence-corrected chi connectivity index (χ0v) is 27.2. The van der Waals surface area contributed by atoms with Crippen LogP contribution in [-0.4, -0.2) is 61.1 Å². The number of rotatable bonds is 0. The summed E-state index contributed by atoms with van der Waals surface area (Å²) in [6.45, 7) is 0. The summed E-state index contributed by atoms with van der Waals surface area (Å²) in [5.41, 5.74) is 1.12. The second kappa shape index (κ2) is 13.9. The fourth-order valence-corrected chi connectivity index (χ4v) is 4.32. The van der Waals surface area contributed by atoms with Gasteiger partial charge in [0.1, 0.15) is 0 Å². The minimum atomic E-state index is -5.17. The number of fused-ring (bicyclic) bond motifs is 4. The zero-order chi connectivity index (χ0) is 30.2. The van der Waals surface area contributed by atoms with Crippen LogP contribution in [0.4, 0.5) is 0 Å². The van der Waals surface area contributed by atoms with Gasteiger partial charge >= 0.3 is 59.1 Å². The van der Waals surface area contributed by atoms with Crippen molar-refractivity contribution < 1.29 is 116 Å². The maximum absolute atomic E-state index is 12.2. The van der Waals surface area contributed by atoms with E-state index in [1.165, 1.54) is 36.4 Å². The van der Waals surface area contributed by atoms with Gasteiger partial charge in [-0.1, -0.05) is 48.5 Å². The second-order valence-electron chi connectivity index (χ2n) is 8.53. The monoisotopic (exact) mass is 622 g/mol. The SMILES string of the molecule is O=C1c2ccccc2C(=O)c2c1ccc(O)c2O.O=C1c2ccccc2C(=O)c2c1ccc(O)c2O.O=S(=O)([O-])[O-].[Na+].[Na+]. The third kappa shape index (κ3) is 7.24. The van der Waals surface area contributed by atoms with E-state index in [0.29, 0.717) is 11.1 Å². The van der Waals surface area contributed by atoms with Crippen LogP contribution in [0.3, 0.4) is 0 Å². The van der Waals surface area contributed by atoms with E-state index in [1.807, 2.05) is 0 Å². The fourth-order valence-electron chi connectivity index (χ4n) is 4.32. The van der Waals surface area contributed by atoms with E-state index in [2.05, 4.69) is 0 Å². The number of aromatic hydroxyl groups is 4. The number of hydrogen-bond donors (Lipinski definition) is 4. The first-order valence-electron chi connectivity index (χ1n) is 11.4. The Kier molecular flexibility index (Phi) is 11.6. The Balaban J connectivity index is 0.000000250. The molecule has 0 heterocycles. The summed E-state index contributed by atoms with van der Waals surface area (Å²) in [4.78, 5) is 48.8. The molecule has 0 spiro atoms. The Morgan fingerprint density at radius 1 is 0.442 bits per heavy atom. The molecular formula is C28H16Na2O12S. The van der Waals surface area contributed by atoms with Crippen molar-refractivity contribution in [2.24, 2.45) is 0 Å². The summed E-state index contributed by atoms with van der Waals surface area (Å²) < 4.78 is 34.1. The van der Waals surface area contributed by atoms with Crippen LogP contribution in [0.2, 0.25) is 0 Å². The van der Waals surface area contributed by atoms with Crippen molar-refractivity contribution in [1.29, 1.82) is 0 Å². The van der Waals surface area contributed by atoms with Crippen molar-refractivity contribution in [3.8, 4) is 23.0 Å². The normalized spacial score (nSPS) is 12.3. The molecule has 12 nitrogen and oxygen atoms in total. The van der Waals surface area contributed by atoms with Crippen molar-refractivity contribution in [1.82, 2.24) is 0 Å². The molecule has 4 aromatic carbocycles. The van der Waals surface area contributed by atoms with Crippen molar-refractivity contribution in [3.63, 3.8) is 0 Å². The molecule has 0 bridgehead atoms. The molecule has 0 aromatic heterocycles. The molecule has 0 fully saturated rings. The van der Waals surface area contributed by atoms with Crippen LogP contribution in [0, 0.1) is 0 Å². The van der Waals surface area contributed by atoms with E-state index in [0.717, 1.165) is 0 Å².